The molecule has 118 valence electrons. The zero-order chi connectivity index (χ0) is 15.1. The van der Waals surface area contributed by atoms with E-state index in [9.17, 15) is 5.11 Å². The molecular weight excluding hydrogens is 268 g/mol. The lowest BCUT2D eigenvalue weighted by molar-refractivity contribution is 0.0145. The van der Waals surface area contributed by atoms with E-state index in [4.69, 9.17) is 9.47 Å². The van der Waals surface area contributed by atoms with Gasteiger partial charge in [0.25, 0.3) is 0 Å². The molecule has 5 nitrogen and oxygen atoms in total. The van der Waals surface area contributed by atoms with Crippen LogP contribution in [0.4, 0.5) is 0 Å². The fraction of sp³-hybridized carbons (Fsp3) is 0.625. The molecule has 0 saturated carbocycles. The van der Waals surface area contributed by atoms with Gasteiger partial charge < -0.3 is 19.9 Å². The maximum Gasteiger partial charge on any atom is 0.118 e. The fourth-order valence-corrected chi connectivity index (χ4v) is 2.47. The highest BCUT2D eigenvalue weighted by atomic mass is 16.5. The molecule has 1 fully saturated rings. The first-order valence-corrected chi connectivity index (χ1v) is 7.54. The van der Waals surface area contributed by atoms with Crippen LogP contribution < -0.4 is 10.1 Å². The predicted molar refractivity (Wildman–Crippen MR) is 82.7 cm³/mol. The van der Waals surface area contributed by atoms with Crippen LogP contribution in [0.15, 0.2) is 24.3 Å². The molecular formula is C16H26N2O3. The summed E-state index contributed by atoms with van der Waals surface area (Å²) in [6, 6.07) is 8.21. The van der Waals surface area contributed by atoms with Crippen LogP contribution in [0.2, 0.25) is 0 Å². The minimum absolute atomic E-state index is 0.204. The first kappa shape index (κ1) is 16.2. The molecule has 2 N–H and O–H groups in total. The summed E-state index contributed by atoms with van der Waals surface area (Å²) in [7, 11) is 1.67. The molecule has 1 saturated heterocycles. The Bertz CT molecular complexity index is 404. The van der Waals surface area contributed by atoms with Crippen molar-refractivity contribution in [2.24, 2.45) is 0 Å². The highest BCUT2D eigenvalue weighted by Crippen LogP contribution is 2.17. The van der Waals surface area contributed by atoms with Gasteiger partial charge in [0.05, 0.1) is 26.4 Å². The first-order valence-electron chi connectivity index (χ1n) is 7.54. The van der Waals surface area contributed by atoms with Crippen molar-refractivity contribution < 1.29 is 14.6 Å². The summed E-state index contributed by atoms with van der Waals surface area (Å²) >= 11 is 0. The molecule has 21 heavy (non-hydrogen) atoms. The third kappa shape index (κ3) is 5.28. The Hall–Kier alpha value is -1.14. The van der Waals surface area contributed by atoms with Crippen LogP contribution in [0.5, 0.6) is 5.75 Å². The van der Waals surface area contributed by atoms with Crippen LogP contribution in [0.1, 0.15) is 18.5 Å². The summed E-state index contributed by atoms with van der Waals surface area (Å²) in [6.45, 7) is 6.74. The van der Waals surface area contributed by atoms with E-state index in [2.05, 4.69) is 17.1 Å². The number of rotatable bonds is 7. The second-order valence-corrected chi connectivity index (χ2v) is 5.47. The molecule has 1 aliphatic rings. The van der Waals surface area contributed by atoms with Crippen LogP contribution in [-0.2, 0) is 4.74 Å². The lowest BCUT2D eigenvalue weighted by Gasteiger charge is -2.29. The number of benzene rings is 1. The van der Waals surface area contributed by atoms with Gasteiger partial charge in [-0.1, -0.05) is 12.1 Å². The number of aliphatic hydroxyl groups excluding tert-OH is 1. The molecule has 2 rings (SSSR count). The molecule has 0 amide bonds. The van der Waals surface area contributed by atoms with Crippen molar-refractivity contribution in [2.75, 3.05) is 46.5 Å². The van der Waals surface area contributed by atoms with Gasteiger partial charge in [0.1, 0.15) is 5.75 Å². The number of hydrogen-bond acceptors (Lipinski definition) is 5. The van der Waals surface area contributed by atoms with E-state index in [1.165, 1.54) is 5.56 Å². The van der Waals surface area contributed by atoms with Crippen molar-refractivity contribution in [1.29, 1.82) is 0 Å². The maximum atomic E-state index is 10.1. The number of methoxy groups -OCH3 is 1. The van der Waals surface area contributed by atoms with Crippen LogP contribution in [0.3, 0.4) is 0 Å². The first-order chi connectivity index (χ1) is 10.2. The van der Waals surface area contributed by atoms with Gasteiger partial charge in [0.15, 0.2) is 0 Å². The predicted octanol–water partition coefficient (Wildman–Crippen LogP) is 1.04. The molecule has 1 aromatic rings. The van der Waals surface area contributed by atoms with Gasteiger partial charge >= 0.3 is 0 Å². The highest BCUT2D eigenvalue weighted by molar-refractivity contribution is 5.28. The number of nitrogens with zero attached hydrogens (tertiary/aromatic N) is 1. The molecule has 1 aliphatic heterocycles. The van der Waals surface area contributed by atoms with Gasteiger partial charge in [0, 0.05) is 32.2 Å². The van der Waals surface area contributed by atoms with Crippen molar-refractivity contribution in [3.63, 3.8) is 0 Å². The summed E-state index contributed by atoms with van der Waals surface area (Å²) in [5.74, 6) is 0.860. The molecule has 2 atom stereocenters. The molecule has 0 aliphatic carbocycles. The Labute approximate surface area is 126 Å². The average Bonchev–Trinajstić information content (AvgIpc) is 2.53. The number of aliphatic hydroxyl groups is 1. The number of hydrogen-bond donors (Lipinski definition) is 2. The van der Waals surface area contributed by atoms with E-state index in [1.54, 1.807) is 7.11 Å². The number of β-amino-alcohol motifs (C(OH)–C–C–N with tert-alkyl or cyclic N) is 1. The van der Waals surface area contributed by atoms with Crippen molar-refractivity contribution in [1.82, 2.24) is 10.2 Å². The summed E-state index contributed by atoms with van der Waals surface area (Å²) in [4.78, 5) is 2.24. The van der Waals surface area contributed by atoms with Gasteiger partial charge in [0.2, 0.25) is 0 Å². The lowest BCUT2D eigenvalue weighted by atomic mass is 10.1. The smallest absolute Gasteiger partial charge is 0.118 e. The Kier molecular flexibility index (Phi) is 6.45. The second-order valence-electron chi connectivity index (χ2n) is 5.47. The van der Waals surface area contributed by atoms with Gasteiger partial charge in [-0.15, -0.1) is 0 Å². The zero-order valence-corrected chi connectivity index (χ0v) is 12.9. The Balaban J connectivity index is 1.72. The van der Waals surface area contributed by atoms with Crippen molar-refractivity contribution in [2.45, 2.75) is 19.1 Å². The Morgan fingerprint density at radius 2 is 1.95 bits per heavy atom. The van der Waals surface area contributed by atoms with E-state index in [0.717, 1.165) is 32.1 Å². The summed E-state index contributed by atoms with van der Waals surface area (Å²) in [5.41, 5.74) is 1.19. The fourth-order valence-electron chi connectivity index (χ4n) is 2.47. The van der Waals surface area contributed by atoms with Gasteiger partial charge in [-0.3, -0.25) is 4.90 Å². The number of ether oxygens (including phenoxy) is 2. The van der Waals surface area contributed by atoms with Crippen LogP contribution in [-0.4, -0.2) is 62.6 Å². The largest absolute Gasteiger partial charge is 0.497 e. The summed E-state index contributed by atoms with van der Waals surface area (Å²) in [6.07, 6.45) is -0.358. The SMILES string of the molecule is COc1ccc([C@@H](C)NCC(O)CN2CCOCC2)cc1. The number of morpholine rings is 1. The van der Waals surface area contributed by atoms with Crippen molar-refractivity contribution >= 4 is 0 Å². The van der Waals surface area contributed by atoms with E-state index in [-0.39, 0.29) is 12.1 Å². The minimum atomic E-state index is -0.358. The van der Waals surface area contributed by atoms with E-state index in [0.29, 0.717) is 13.1 Å². The average molecular weight is 294 g/mol. The molecule has 1 heterocycles. The third-order valence-corrected chi connectivity index (χ3v) is 3.85. The number of nitrogens with one attached hydrogen (secondary N) is 1. The lowest BCUT2D eigenvalue weighted by Crippen LogP contribution is -2.44. The van der Waals surface area contributed by atoms with Crippen molar-refractivity contribution in [3.8, 4) is 5.75 Å². The zero-order valence-electron chi connectivity index (χ0n) is 12.9. The van der Waals surface area contributed by atoms with Gasteiger partial charge in [-0.25, -0.2) is 0 Å². The van der Waals surface area contributed by atoms with Crippen LogP contribution >= 0.6 is 0 Å². The highest BCUT2D eigenvalue weighted by Gasteiger charge is 2.15. The van der Waals surface area contributed by atoms with Crippen LogP contribution in [0, 0.1) is 0 Å². The van der Waals surface area contributed by atoms with E-state index >= 15 is 0 Å². The molecule has 5 heteroatoms. The topological polar surface area (TPSA) is 54.0 Å². The molecule has 0 spiro atoms. The third-order valence-electron chi connectivity index (χ3n) is 3.85. The van der Waals surface area contributed by atoms with Gasteiger partial charge in [-0.05, 0) is 24.6 Å². The summed E-state index contributed by atoms with van der Waals surface area (Å²) in [5, 5.41) is 13.5. The Morgan fingerprint density at radius 1 is 1.29 bits per heavy atom. The summed E-state index contributed by atoms with van der Waals surface area (Å²) < 4.78 is 10.5. The molecule has 1 aromatic carbocycles. The Morgan fingerprint density at radius 3 is 2.57 bits per heavy atom. The standard InChI is InChI=1S/C16H26N2O3/c1-13(14-3-5-16(20-2)6-4-14)17-11-15(19)12-18-7-9-21-10-8-18/h3-6,13,15,17,19H,7-12H2,1-2H3/t13-,15?/m1/s1. The quantitative estimate of drug-likeness (QED) is 0.787. The minimum Gasteiger partial charge on any atom is -0.497 e. The normalized spacial score (nSPS) is 19.2. The monoisotopic (exact) mass is 294 g/mol. The van der Waals surface area contributed by atoms with Crippen LogP contribution in [0.25, 0.3) is 0 Å². The molecule has 0 radical (unpaired) electrons. The molecule has 0 bridgehead atoms. The second kappa shape index (κ2) is 8.34. The van der Waals surface area contributed by atoms with Crippen molar-refractivity contribution in [3.05, 3.63) is 29.8 Å². The van der Waals surface area contributed by atoms with E-state index < -0.39 is 0 Å². The molecule has 1 unspecified atom stereocenters. The molecule has 0 aromatic heterocycles. The van der Waals surface area contributed by atoms with Gasteiger partial charge in [-0.2, -0.15) is 0 Å². The van der Waals surface area contributed by atoms with E-state index in [1.807, 2.05) is 24.3 Å². The maximum absolute atomic E-state index is 10.1.